The number of aromatic nitrogens is 2. The van der Waals surface area contributed by atoms with E-state index in [4.69, 9.17) is 21.1 Å². The fourth-order valence-corrected chi connectivity index (χ4v) is 2.59. The van der Waals surface area contributed by atoms with Gasteiger partial charge in [-0.15, -0.1) is 12.4 Å². The molecule has 1 N–H and O–H groups in total. The Balaban J connectivity index is 0.00000225. The summed E-state index contributed by atoms with van der Waals surface area (Å²) < 4.78 is 11.3. The Labute approximate surface area is 157 Å². The van der Waals surface area contributed by atoms with Crippen LogP contribution in [-0.2, 0) is 0 Å². The van der Waals surface area contributed by atoms with E-state index in [0.29, 0.717) is 35.6 Å². The van der Waals surface area contributed by atoms with Gasteiger partial charge in [-0.3, -0.25) is 0 Å². The van der Waals surface area contributed by atoms with Crippen LogP contribution in [0, 0.1) is 0 Å². The molecule has 3 rings (SSSR count). The van der Waals surface area contributed by atoms with Crippen LogP contribution < -0.4 is 14.8 Å². The highest BCUT2D eigenvalue weighted by molar-refractivity contribution is 6.30. The molecule has 0 amide bonds. The van der Waals surface area contributed by atoms with Gasteiger partial charge < -0.3 is 14.8 Å². The van der Waals surface area contributed by atoms with Crippen LogP contribution in [0.5, 0.6) is 11.5 Å². The van der Waals surface area contributed by atoms with Gasteiger partial charge in [0.2, 0.25) is 0 Å². The van der Waals surface area contributed by atoms with Crippen molar-refractivity contribution >= 4 is 46.4 Å². The van der Waals surface area contributed by atoms with E-state index in [9.17, 15) is 0 Å². The average Bonchev–Trinajstić information content (AvgIpc) is 2.56. The van der Waals surface area contributed by atoms with E-state index >= 15 is 0 Å². The summed E-state index contributed by atoms with van der Waals surface area (Å²) in [5, 5.41) is 4.79. The zero-order valence-corrected chi connectivity index (χ0v) is 15.5. The molecule has 0 bridgehead atoms. The largest absolute Gasteiger partial charge is 0.490 e. The molecule has 25 heavy (non-hydrogen) atoms. The van der Waals surface area contributed by atoms with Crippen molar-refractivity contribution in [2.75, 3.05) is 18.5 Å². The van der Waals surface area contributed by atoms with Crippen LogP contribution in [-0.4, -0.2) is 23.2 Å². The molecule has 0 saturated carbocycles. The molecule has 0 aliphatic rings. The molecule has 7 heteroatoms. The van der Waals surface area contributed by atoms with Crippen molar-refractivity contribution in [3.05, 3.63) is 47.7 Å². The topological polar surface area (TPSA) is 56.3 Å². The molecule has 1 heterocycles. The van der Waals surface area contributed by atoms with Crippen LogP contribution in [0.4, 0.5) is 11.5 Å². The summed E-state index contributed by atoms with van der Waals surface area (Å²) in [6, 6.07) is 11.2. The van der Waals surface area contributed by atoms with Gasteiger partial charge in [-0.2, -0.15) is 0 Å². The van der Waals surface area contributed by atoms with Gasteiger partial charge >= 0.3 is 0 Å². The van der Waals surface area contributed by atoms with Gasteiger partial charge in [-0.05, 0) is 38.1 Å². The monoisotopic (exact) mass is 379 g/mol. The summed E-state index contributed by atoms with van der Waals surface area (Å²) in [5.74, 6) is 2.04. The molecule has 3 aromatic rings. The van der Waals surface area contributed by atoms with Crippen molar-refractivity contribution in [2.24, 2.45) is 0 Å². The number of ether oxygens (including phenoxy) is 2. The molecule has 0 aliphatic carbocycles. The van der Waals surface area contributed by atoms with Crippen LogP contribution in [0.15, 0.2) is 42.7 Å². The summed E-state index contributed by atoms with van der Waals surface area (Å²) in [7, 11) is 0. The zero-order valence-electron chi connectivity index (χ0n) is 14.0. The molecule has 0 atom stereocenters. The van der Waals surface area contributed by atoms with Crippen molar-refractivity contribution in [1.29, 1.82) is 0 Å². The molecule has 1 aromatic heterocycles. The lowest BCUT2D eigenvalue weighted by atomic mass is 10.2. The highest BCUT2D eigenvalue weighted by atomic mass is 35.5. The maximum Gasteiger partial charge on any atom is 0.163 e. The number of hydrogen-bond donors (Lipinski definition) is 1. The summed E-state index contributed by atoms with van der Waals surface area (Å²) in [6.45, 7) is 4.99. The minimum Gasteiger partial charge on any atom is -0.490 e. The lowest BCUT2D eigenvalue weighted by Gasteiger charge is -2.14. The van der Waals surface area contributed by atoms with Crippen molar-refractivity contribution in [3.63, 3.8) is 0 Å². The van der Waals surface area contributed by atoms with E-state index < -0.39 is 0 Å². The predicted molar refractivity (Wildman–Crippen MR) is 104 cm³/mol. The zero-order chi connectivity index (χ0) is 16.9. The van der Waals surface area contributed by atoms with Crippen LogP contribution in [0.2, 0.25) is 5.02 Å². The van der Waals surface area contributed by atoms with Crippen LogP contribution in [0.3, 0.4) is 0 Å². The molecule has 0 fully saturated rings. The second kappa shape index (κ2) is 8.74. The van der Waals surface area contributed by atoms with Gasteiger partial charge in [0, 0.05) is 22.2 Å². The number of halogens is 2. The van der Waals surface area contributed by atoms with Gasteiger partial charge in [0.1, 0.15) is 12.1 Å². The van der Waals surface area contributed by atoms with Crippen molar-refractivity contribution in [3.8, 4) is 11.5 Å². The normalized spacial score (nSPS) is 10.2. The minimum atomic E-state index is 0. The first kappa shape index (κ1) is 19.1. The molecule has 0 radical (unpaired) electrons. The van der Waals surface area contributed by atoms with Gasteiger partial charge in [0.05, 0.1) is 18.7 Å². The third-order valence-electron chi connectivity index (χ3n) is 3.39. The standard InChI is InChI=1S/C18H18ClN3O2.ClH/c1-3-23-16-9-14-15(10-17(16)24-4-2)20-11-21-18(14)22-13-7-5-6-12(19)8-13;/h5-11H,3-4H2,1-2H3,(H,20,21,22);1H. The fraction of sp³-hybridized carbons (Fsp3) is 0.222. The molecule has 0 saturated heterocycles. The number of hydrogen-bond acceptors (Lipinski definition) is 5. The first-order chi connectivity index (χ1) is 11.7. The maximum atomic E-state index is 6.04. The van der Waals surface area contributed by atoms with Gasteiger partial charge in [-0.25, -0.2) is 9.97 Å². The Morgan fingerprint density at radius 3 is 2.40 bits per heavy atom. The van der Waals surface area contributed by atoms with Crippen molar-refractivity contribution in [1.82, 2.24) is 9.97 Å². The third-order valence-corrected chi connectivity index (χ3v) is 3.62. The number of nitrogens with zero attached hydrogens (tertiary/aromatic N) is 2. The first-order valence-corrected chi connectivity index (χ1v) is 8.16. The van der Waals surface area contributed by atoms with E-state index in [1.807, 2.05) is 50.2 Å². The van der Waals surface area contributed by atoms with Gasteiger partial charge in [0.15, 0.2) is 11.5 Å². The molecule has 0 unspecified atom stereocenters. The highest BCUT2D eigenvalue weighted by Crippen LogP contribution is 2.35. The Morgan fingerprint density at radius 2 is 1.72 bits per heavy atom. The van der Waals surface area contributed by atoms with E-state index in [-0.39, 0.29) is 12.4 Å². The molecule has 0 spiro atoms. The minimum absolute atomic E-state index is 0. The third kappa shape index (κ3) is 4.44. The van der Waals surface area contributed by atoms with Crippen LogP contribution >= 0.6 is 24.0 Å². The fourth-order valence-electron chi connectivity index (χ4n) is 2.40. The lowest BCUT2D eigenvalue weighted by Crippen LogP contribution is -2.01. The van der Waals surface area contributed by atoms with E-state index in [1.54, 1.807) is 0 Å². The molecular formula is C18H19Cl2N3O2. The van der Waals surface area contributed by atoms with E-state index in [2.05, 4.69) is 15.3 Å². The van der Waals surface area contributed by atoms with Gasteiger partial charge in [-0.1, -0.05) is 17.7 Å². The number of benzene rings is 2. The summed E-state index contributed by atoms with van der Waals surface area (Å²) in [6.07, 6.45) is 1.52. The Kier molecular flexibility index (Phi) is 6.67. The second-order valence-electron chi connectivity index (χ2n) is 5.04. The van der Waals surface area contributed by atoms with E-state index in [1.165, 1.54) is 6.33 Å². The van der Waals surface area contributed by atoms with Gasteiger partial charge in [0.25, 0.3) is 0 Å². The number of fused-ring (bicyclic) bond motifs is 1. The Morgan fingerprint density at radius 1 is 1.00 bits per heavy atom. The highest BCUT2D eigenvalue weighted by Gasteiger charge is 2.12. The first-order valence-electron chi connectivity index (χ1n) is 7.78. The molecule has 2 aromatic carbocycles. The number of rotatable bonds is 6. The number of anilines is 2. The molecule has 0 aliphatic heterocycles. The molecule has 132 valence electrons. The summed E-state index contributed by atoms with van der Waals surface area (Å²) in [5.41, 5.74) is 1.63. The van der Waals surface area contributed by atoms with E-state index in [0.717, 1.165) is 16.6 Å². The quantitative estimate of drug-likeness (QED) is 0.633. The Hall–Kier alpha value is -2.24. The number of nitrogens with one attached hydrogen (secondary N) is 1. The maximum absolute atomic E-state index is 6.04. The van der Waals surface area contributed by atoms with Crippen molar-refractivity contribution < 1.29 is 9.47 Å². The summed E-state index contributed by atoms with van der Waals surface area (Å²) in [4.78, 5) is 8.68. The van der Waals surface area contributed by atoms with Crippen molar-refractivity contribution in [2.45, 2.75) is 13.8 Å². The summed E-state index contributed by atoms with van der Waals surface area (Å²) >= 11 is 6.04. The Bertz CT molecular complexity index is 859. The van der Waals surface area contributed by atoms with Crippen LogP contribution in [0.1, 0.15) is 13.8 Å². The lowest BCUT2D eigenvalue weighted by molar-refractivity contribution is 0.288. The van der Waals surface area contributed by atoms with Crippen LogP contribution in [0.25, 0.3) is 10.9 Å². The second-order valence-corrected chi connectivity index (χ2v) is 5.48. The molecular weight excluding hydrogens is 361 g/mol. The smallest absolute Gasteiger partial charge is 0.163 e. The molecule has 5 nitrogen and oxygen atoms in total. The SMILES string of the molecule is CCOc1cc2ncnc(Nc3cccc(Cl)c3)c2cc1OCC.Cl. The average molecular weight is 380 g/mol. The predicted octanol–water partition coefficient (Wildman–Crippen LogP) is 5.25.